The van der Waals surface area contributed by atoms with Gasteiger partial charge in [0.25, 0.3) is 0 Å². The fourth-order valence-corrected chi connectivity index (χ4v) is 4.91. The summed E-state index contributed by atoms with van der Waals surface area (Å²) in [5.74, 6) is -0.351. The van der Waals surface area contributed by atoms with Crippen LogP contribution in [0, 0.1) is 6.92 Å². The van der Waals surface area contributed by atoms with Crippen LogP contribution in [0.1, 0.15) is 38.2 Å². The number of hydrogen-bond donors (Lipinski definition) is 3. The van der Waals surface area contributed by atoms with Crippen molar-refractivity contribution in [2.75, 3.05) is 5.32 Å². The highest BCUT2D eigenvalue weighted by Gasteiger charge is 2.22. The Labute approximate surface area is 177 Å². The molecule has 1 aromatic carbocycles. The molecule has 1 aliphatic carbocycles. The van der Waals surface area contributed by atoms with E-state index < -0.39 is 11.3 Å². The van der Waals surface area contributed by atoms with Crippen LogP contribution < -0.4 is 16.0 Å². The van der Waals surface area contributed by atoms with Crippen molar-refractivity contribution in [3.63, 3.8) is 0 Å². The zero-order valence-electron chi connectivity index (χ0n) is 15.6. The molecule has 7 nitrogen and oxygen atoms in total. The number of aryl methyl sites for hydroxylation is 1. The summed E-state index contributed by atoms with van der Waals surface area (Å²) in [5, 5.41) is 17.4. The zero-order valence-corrected chi connectivity index (χ0v) is 18.0. The third-order valence-corrected chi connectivity index (χ3v) is 6.83. The Bertz CT molecular complexity index is 854. The number of nitrogens with zero attached hydrogens (tertiary/aromatic N) is 2. The number of carbonyl (C=O) groups is 2. The first-order valence-electron chi connectivity index (χ1n) is 9.05. The zero-order chi connectivity index (χ0) is 20.1. The van der Waals surface area contributed by atoms with Gasteiger partial charge >= 0.3 is 6.03 Å². The normalized spacial score (nSPS) is 15.2. The van der Waals surface area contributed by atoms with Gasteiger partial charge in [-0.15, -0.1) is 10.2 Å². The van der Waals surface area contributed by atoms with Crippen LogP contribution in [0.15, 0.2) is 22.5 Å². The molecule has 3 N–H and O–H groups in total. The van der Waals surface area contributed by atoms with Gasteiger partial charge < -0.3 is 10.6 Å². The highest BCUT2D eigenvalue weighted by molar-refractivity contribution is 8.02. The van der Waals surface area contributed by atoms with E-state index in [9.17, 15) is 9.59 Å². The molecule has 1 unspecified atom stereocenters. The van der Waals surface area contributed by atoms with Gasteiger partial charge in [-0.1, -0.05) is 53.6 Å². The van der Waals surface area contributed by atoms with Gasteiger partial charge in [-0.05, 0) is 44.4 Å². The summed E-state index contributed by atoms with van der Waals surface area (Å²) >= 11 is 8.72. The first-order chi connectivity index (χ1) is 13.4. The number of hydrogen-bond acceptors (Lipinski definition) is 7. The Morgan fingerprint density at radius 3 is 2.75 bits per heavy atom. The quantitative estimate of drug-likeness (QED) is 0.574. The van der Waals surface area contributed by atoms with Crippen molar-refractivity contribution in [3.05, 3.63) is 28.8 Å². The minimum Gasteiger partial charge on any atom is -0.335 e. The summed E-state index contributed by atoms with van der Waals surface area (Å²) in [6.07, 6.45) is 4.18. The fraction of sp³-hybridized carbons (Fsp3) is 0.444. The molecule has 0 aliphatic heterocycles. The van der Waals surface area contributed by atoms with Crippen LogP contribution in [0.25, 0.3) is 0 Å². The van der Waals surface area contributed by atoms with Crippen molar-refractivity contribution in [2.45, 2.75) is 55.2 Å². The topological polar surface area (TPSA) is 96.0 Å². The maximum atomic E-state index is 12.2. The summed E-state index contributed by atoms with van der Waals surface area (Å²) in [5.41, 5.74) is 1.82. The molecule has 1 fully saturated rings. The predicted octanol–water partition coefficient (Wildman–Crippen LogP) is 4.49. The first-order valence-corrected chi connectivity index (χ1v) is 11.1. The lowest BCUT2D eigenvalue weighted by atomic mass is 10.2. The summed E-state index contributed by atoms with van der Waals surface area (Å²) in [6.45, 7) is 3.67. The maximum Gasteiger partial charge on any atom is 0.321 e. The number of rotatable bonds is 6. The lowest BCUT2D eigenvalue weighted by molar-refractivity contribution is -0.119. The van der Waals surface area contributed by atoms with Crippen LogP contribution >= 0.6 is 34.7 Å². The number of carbonyl (C=O) groups excluding carboxylic acids is 2. The summed E-state index contributed by atoms with van der Waals surface area (Å²) in [6, 6.07) is 5.39. The second kappa shape index (κ2) is 9.58. The Kier molecular flexibility index (Phi) is 7.14. The van der Waals surface area contributed by atoms with E-state index in [-0.39, 0.29) is 11.9 Å². The molecule has 1 aliphatic rings. The minimum atomic E-state index is -0.469. The molecular formula is C18H22ClN5O2S2. The number of benzene rings is 1. The Hall–Kier alpha value is -1.84. The number of amides is 3. The largest absolute Gasteiger partial charge is 0.335 e. The van der Waals surface area contributed by atoms with Crippen LogP contribution in [0.4, 0.5) is 15.6 Å². The molecule has 28 heavy (non-hydrogen) atoms. The van der Waals surface area contributed by atoms with Gasteiger partial charge in [0.1, 0.15) is 0 Å². The predicted molar refractivity (Wildman–Crippen MR) is 114 cm³/mol. The van der Waals surface area contributed by atoms with E-state index in [4.69, 9.17) is 11.6 Å². The number of aromatic nitrogens is 2. The van der Waals surface area contributed by atoms with Crippen molar-refractivity contribution < 1.29 is 9.59 Å². The molecule has 150 valence electrons. The SMILES string of the molecule is Cc1ccc(Nc2nnc(SC(C)C(=O)NC(=O)NC3CCCC3)s2)cc1Cl. The number of anilines is 2. The molecule has 1 aromatic heterocycles. The highest BCUT2D eigenvalue weighted by atomic mass is 35.5. The number of thioether (sulfide) groups is 1. The lowest BCUT2D eigenvalue weighted by Gasteiger charge is -2.14. The molecule has 3 amide bonds. The first kappa shape index (κ1) is 20.9. The third kappa shape index (κ3) is 5.83. The molecule has 0 spiro atoms. The highest BCUT2D eigenvalue weighted by Crippen LogP contribution is 2.31. The van der Waals surface area contributed by atoms with Crippen molar-refractivity contribution in [1.82, 2.24) is 20.8 Å². The van der Waals surface area contributed by atoms with Gasteiger partial charge in [0.15, 0.2) is 4.34 Å². The van der Waals surface area contributed by atoms with Gasteiger partial charge in [-0.3, -0.25) is 10.1 Å². The second-order valence-electron chi connectivity index (χ2n) is 6.67. The molecule has 0 radical (unpaired) electrons. The molecule has 3 rings (SSSR count). The van der Waals surface area contributed by atoms with Crippen LogP contribution in [0.2, 0.25) is 5.02 Å². The molecular weight excluding hydrogens is 418 g/mol. The summed E-state index contributed by atoms with van der Waals surface area (Å²) in [4.78, 5) is 24.2. The Morgan fingerprint density at radius 2 is 2.04 bits per heavy atom. The van der Waals surface area contributed by atoms with E-state index in [2.05, 4.69) is 26.1 Å². The molecule has 2 aromatic rings. The molecule has 1 atom stereocenters. The van der Waals surface area contributed by atoms with Gasteiger partial charge in [-0.2, -0.15) is 0 Å². The smallest absolute Gasteiger partial charge is 0.321 e. The number of halogens is 1. The third-order valence-electron chi connectivity index (χ3n) is 4.40. The second-order valence-corrected chi connectivity index (χ2v) is 9.64. The summed E-state index contributed by atoms with van der Waals surface area (Å²) < 4.78 is 0.638. The molecule has 1 heterocycles. The van der Waals surface area contributed by atoms with Gasteiger partial charge in [-0.25, -0.2) is 4.79 Å². The van der Waals surface area contributed by atoms with Crippen molar-refractivity contribution in [2.24, 2.45) is 0 Å². The van der Waals surface area contributed by atoms with Crippen molar-refractivity contribution >= 4 is 57.5 Å². The number of nitrogens with one attached hydrogen (secondary N) is 3. The van der Waals surface area contributed by atoms with Crippen molar-refractivity contribution in [1.29, 1.82) is 0 Å². The van der Waals surface area contributed by atoms with Crippen LogP contribution in [-0.4, -0.2) is 33.4 Å². The monoisotopic (exact) mass is 439 g/mol. The Balaban J connectivity index is 1.49. The molecule has 0 saturated heterocycles. The van der Waals surface area contributed by atoms with Gasteiger partial charge in [0, 0.05) is 16.8 Å². The van der Waals surface area contributed by atoms with Gasteiger partial charge in [0.05, 0.1) is 5.25 Å². The van der Waals surface area contributed by atoms with E-state index in [1.165, 1.54) is 23.1 Å². The summed E-state index contributed by atoms with van der Waals surface area (Å²) in [7, 11) is 0. The molecule has 1 saturated carbocycles. The maximum absolute atomic E-state index is 12.2. The standard InChI is InChI=1S/C18H22ClN5O2S2/c1-10-7-8-13(9-14(10)19)21-17-23-24-18(28-17)27-11(2)15(25)22-16(26)20-12-5-3-4-6-12/h7-9,11-12H,3-6H2,1-2H3,(H,21,23)(H2,20,22,25,26). The van der Waals surface area contributed by atoms with E-state index in [0.29, 0.717) is 14.5 Å². The van der Waals surface area contributed by atoms with E-state index >= 15 is 0 Å². The van der Waals surface area contributed by atoms with Crippen LogP contribution in [0.5, 0.6) is 0 Å². The lowest BCUT2D eigenvalue weighted by Crippen LogP contribution is -2.45. The van der Waals surface area contributed by atoms with Crippen molar-refractivity contribution in [3.8, 4) is 0 Å². The Morgan fingerprint density at radius 1 is 1.29 bits per heavy atom. The van der Waals surface area contributed by atoms with Crippen LogP contribution in [0.3, 0.4) is 0 Å². The van der Waals surface area contributed by atoms with Gasteiger partial charge in [0.2, 0.25) is 11.0 Å². The molecule has 0 bridgehead atoms. The average Bonchev–Trinajstić information content (AvgIpc) is 3.30. The fourth-order valence-electron chi connectivity index (χ4n) is 2.81. The van der Waals surface area contributed by atoms with E-state index in [0.717, 1.165) is 36.9 Å². The molecule has 10 heteroatoms. The number of imide groups is 1. The van der Waals surface area contributed by atoms with E-state index in [1.54, 1.807) is 6.92 Å². The minimum absolute atomic E-state index is 0.169. The average molecular weight is 440 g/mol. The van der Waals surface area contributed by atoms with E-state index in [1.807, 2.05) is 25.1 Å². The van der Waals surface area contributed by atoms with Crippen LogP contribution in [-0.2, 0) is 4.79 Å². The number of urea groups is 1.